The van der Waals surface area contributed by atoms with Gasteiger partial charge in [-0.2, -0.15) is 0 Å². The van der Waals surface area contributed by atoms with Crippen LogP contribution in [0.5, 0.6) is 0 Å². The lowest BCUT2D eigenvalue weighted by Crippen LogP contribution is -2.59. The van der Waals surface area contributed by atoms with E-state index in [4.69, 9.17) is 4.52 Å². The molecular weight excluding hydrogens is 326 g/mol. The number of amides is 1. The van der Waals surface area contributed by atoms with Gasteiger partial charge in [0.15, 0.2) is 0 Å². The summed E-state index contributed by atoms with van der Waals surface area (Å²) >= 11 is 0. The van der Waals surface area contributed by atoms with Crippen LogP contribution in [0, 0.1) is 13.8 Å². The highest BCUT2D eigenvalue weighted by Gasteiger charge is 2.50. The Morgan fingerprint density at radius 2 is 1.81 bits per heavy atom. The summed E-state index contributed by atoms with van der Waals surface area (Å²) in [5, 5.41) is 4.08. The van der Waals surface area contributed by atoms with Gasteiger partial charge in [0.25, 0.3) is 0 Å². The van der Waals surface area contributed by atoms with Gasteiger partial charge in [-0.25, -0.2) is 0 Å². The largest absolute Gasteiger partial charge is 0.361 e. The number of rotatable bonds is 4. The van der Waals surface area contributed by atoms with Crippen molar-refractivity contribution in [3.05, 3.63) is 52.9 Å². The maximum atomic E-state index is 13.5. The Morgan fingerprint density at radius 1 is 1.08 bits per heavy atom. The monoisotopic (exact) mass is 353 g/mol. The molecule has 2 saturated heterocycles. The summed E-state index contributed by atoms with van der Waals surface area (Å²) in [5.41, 5.74) is 2.93. The molecular formula is C21H27N3O2. The number of nitrogens with zero attached hydrogens (tertiary/aromatic N) is 3. The summed E-state index contributed by atoms with van der Waals surface area (Å²) < 4.78 is 5.34. The van der Waals surface area contributed by atoms with Gasteiger partial charge < -0.3 is 9.42 Å². The minimum atomic E-state index is -0.344. The van der Waals surface area contributed by atoms with E-state index >= 15 is 0 Å². The SMILES string of the molecule is Cc1noc(C)c1CN1CCCC12CCCN(Cc1ccccc1)C2=O. The normalized spacial score (nSPS) is 23.9. The molecule has 5 heteroatoms. The Bertz CT molecular complexity index is 766. The van der Waals surface area contributed by atoms with Crippen LogP contribution in [0.4, 0.5) is 0 Å². The highest BCUT2D eigenvalue weighted by molar-refractivity contribution is 5.87. The first-order chi connectivity index (χ1) is 12.6. The minimum absolute atomic E-state index is 0.303. The maximum Gasteiger partial charge on any atom is 0.243 e. The average Bonchev–Trinajstić information content (AvgIpc) is 3.19. The Hall–Kier alpha value is -2.14. The molecule has 138 valence electrons. The lowest BCUT2D eigenvalue weighted by Gasteiger charge is -2.44. The number of hydrogen-bond acceptors (Lipinski definition) is 4. The molecule has 4 rings (SSSR count). The van der Waals surface area contributed by atoms with Gasteiger partial charge in [0.05, 0.1) is 5.69 Å². The fraction of sp³-hybridized carbons (Fsp3) is 0.524. The van der Waals surface area contributed by atoms with Gasteiger partial charge in [-0.1, -0.05) is 35.5 Å². The van der Waals surface area contributed by atoms with Crippen LogP contribution < -0.4 is 0 Å². The summed E-state index contributed by atoms with van der Waals surface area (Å²) in [4.78, 5) is 18.0. The molecule has 1 amide bonds. The molecule has 2 fully saturated rings. The van der Waals surface area contributed by atoms with Crippen LogP contribution in [0.25, 0.3) is 0 Å². The van der Waals surface area contributed by atoms with E-state index in [1.54, 1.807) is 0 Å². The van der Waals surface area contributed by atoms with Gasteiger partial charge in [-0.3, -0.25) is 9.69 Å². The van der Waals surface area contributed by atoms with Crippen molar-refractivity contribution in [1.29, 1.82) is 0 Å². The summed E-state index contributed by atoms with van der Waals surface area (Å²) in [6, 6.07) is 10.3. The van der Waals surface area contributed by atoms with E-state index in [-0.39, 0.29) is 5.54 Å². The van der Waals surface area contributed by atoms with Gasteiger partial charge in [-0.05, 0) is 51.6 Å². The van der Waals surface area contributed by atoms with Crippen LogP contribution in [-0.4, -0.2) is 39.5 Å². The molecule has 1 atom stereocenters. The first-order valence-corrected chi connectivity index (χ1v) is 9.60. The van der Waals surface area contributed by atoms with Crippen LogP contribution in [0.3, 0.4) is 0 Å². The zero-order valence-corrected chi connectivity index (χ0v) is 15.7. The van der Waals surface area contributed by atoms with Gasteiger partial charge in [0.2, 0.25) is 5.91 Å². The number of carbonyl (C=O) groups is 1. The lowest BCUT2D eigenvalue weighted by atomic mass is 9.85. The Balaban J connectivity index is 1.56. The summed E-state index contributed by atoms with van der Waals surface area (Å²) in [7, 11) is 0. The van der Waals surface area contributed by atoms with Gasteiger partial charge >= 0.3 is 0 Å². The topological polar surface area (TPSA) is 49.6 Å². The van der Waals surface area contributed by atoms with E-state index in [1.165, 1.54) is 5.56 Å². The van der Waals surface area contributed by atoms with E-state index in [0.717, 1.165) is 62.3 Å². The Morgan fingerprint density at radius 3 is 2.50 bits per heavy atom. The average molecular weight is 353 g/mol. The molecule has 5 nitrogen and oxygen atoms in total. The molecule has 26 heavy (non-hydrogen) atoms. The van der Waals surface area contributed by atoms with Crippen molar-refractivity contribution in [2.75, 3.05) is 13.1 Å². The van der Waals surface area contributed by atoms with Crippen molar-refractivity contribution >= 4 is 5.91 Å². The fourth-order valence-corrected chi connectivity index (χ4v) is 4.63. The van der Waals surface area contributed by atoms with E-state index in [0.29, 0.717) is 12.5 Å². The van der Waals surface area contributed by atoms with Crippen LogP contribution >= 0.6 is 0 Å². The molecule has 0 saturated carbocycles. The van der Waals surface area contributed by atoms with Crippen molar-refractivity contribution in [3.8, 4) is 0 Å². The zero-order chi connectivity index (χ0) is 18.1. The van der Waals surface area contributed by atoms with Gasteiger partial charge in [0, 0.05) is 25.2 Å². The molecule has 0 aliphatic carbocycles. The fourth-order valence-electron chi connectivity index (χ4n) is 4.63. The summed E-state index contributed by atoms with van der Waals surface area (Å²) in [6.07, 6.45) is 4.06. The Labute approximate surface area is 155 Å². The molecule has 0 N–H and O–H groups in total. The minimum Gasteiger partial charge on any atom is -0.361 e. The summed E-state index contributed by atoms with van der Waals surface area (Å²) in [5.74, 6) is 1.17. The zero-order valence-electron chi connectivity index (χ0n) is 15.7. The second kappa shape index (κ2) is 6.88. The third-order valence-electron chi connectivity index (χ3n) is 6.07. The quantitative estimate of drug-likeness (QED) is 0.845. The van der Waals surface area contributed by atoms with Crippen molar-refractivity contribution < 1.29 is 9.32 Å². The first kappa shape index (κ1) is 17.3. The second-order valence-corrected chi connectivity index (χ2v) is 7.68. The van der Waals surface area contributed by atoms with E-state index in [2.05, 4.69) is 27.1 Å². The van der Waals surface area contributed by atoms with Crippen LogP contribution in [0.1, 0.15) is 48.3 Å². The molecule has 3 heterocycles. The molecule has 2 aliphatic heterocycles. The molecule has 1 aromatic carbocycles. The van der Waals surface area contributed by atoms with Gasteiger partial charge in [-0.15, -0.1) is 0 Å². The van der Waals surface area contributed by atoms with E-state index < -0.39 is 0 Å². The third kappa shape index (κ3) is 2.94. The molecule has 1 aromatic heterocycles. The molecule has 0 radical (unpaired) electrons. The third-order valence-corrected chi connectivity index (χ3v) is 6.07. The standard InChI is InChI=1S/C21H27N3O2/c1-16-19(17(2)26-22-16)15-24-13-7-11-21(24)10-6-12-23(20(21)25)14-18-8-4-3-5-9-18/h3-5,8-9H,6-7,10-15H2,1-2H3. The van der Waals surface area contributed by atoms with Crippen molar-refractivity contribution in [2.45, 2.75) is 58.2 Å². The van der Waals surface area contributed by atoms with Crippen LogP contribution in [0.2, 0.25) is 0 Å². The van der Waals surface area contributed by atoms with Crippen LogP contribution in [-0.2, 0) is 17.9 Å². The predicted molar refractivity (Wildman–Crippen MR) is 99.4 cm³/mol. The number of aromatic nitrogens is 1. The molecule has 1 unspecified atom stereocenters. The molecule has 0 bridgehead atoms. The molecule has 2 aromatic rings. The predicted octanol–water partition coefficient (Wildman–Crippen LogP) is 3.45. The highest BCUT2D eigenvalue weighted by Crippen LogP contribution is 2.40. The second-order valence-electron chi connectivity index (χ2n) is 7.68. The highest BCUT2D eigenvalue weighted by atomic mass is 16.5. The van der Waals surface area contributed by atoms with Gasteiger partial charge in [0.1, 0.15) is 11.3 Å². The molecule has 2 aliphatic rings. The Kier molecular flexibility index (Phi) is 4.57. The van der Waals surface area contributed by atoms with Crippen molar-refractivity contribution in [3.63, 3.8) is 0 Å². The number of likely N-dealkylation sites (tertiary alicyclic amines) is 2. The molecule has 1 spiro atoms. The van der Waals surface area contributed by atoms with E-state index in [9.17, 15) is 4.79 Å². The van der Waals surface area contributed by atoms with E-state index in [1.807, 2.05) is 32.0 Å². The van der Waals surface area contributed by atoms with Crippen molar-refractivity contribution in [1.82, 2.24) is 15.0 Å². The smallest absolute Gasteiger partial charge is 0.243 e. The number of piperidine rings is 1. The van der Waals surface area contributed by atoms with Crippen molar-refractivity contribution in [2.24, 2.45) is 0 Å². The van der Waals surface area contributed by atoms with Crippen LogP contribution in [0.15, 0.2) is 34.9 Å². The number of aryl methyl sites for hydroxylation is 2. The number of hydrogen-bond donors (Lipinski definition) is 0. The lowest BCUT2D eigenvalue weighted by molar-refractivity contribution is -0.148. The maximum absolute atomic E-state index is 13.5. The number of carbonyl (C=O) groups excluding carboxylic acids is 1. The number of benzene rings is 1. The first-order valence-electron chi connectivity index (χ1n) is 9.60. The summed E-state index contributed by atoms with van der Waals surface area (Å²) in [6.45, 7) is 7.23.